The Morgan fingerprint density at radius 2 is 2.13 bits per heavy atom. The average Bonchev–Trinajstić information content (AvgIpc) is 2.20. The minimum atomic E-state index is -0.303. The third-order valence-corrected chi connectivity index (χ3v) is 2.32. The molecule has 1 aromatic heterocycles. The molecule has 0 bridgehead atoms. The van der Waals surface area contributed by atoms with Crippen molar-refractivity contribution in [1.29, 1.82) is 0 Å². The van der Waals surface area contributed by atoms with Gasteiger partial charge >= 0.3 is 0 Å². The topological polar surface area (TPSA) is 33.1 Å². The molecule has 0 aliphatic heterocycles. The third kappa shape index (κ3) is 1.91. The fourth-order valence-electron chi connectivity index (χ4n) is 1.59. The van der Waals surface area contributed by atoms with Crippen molar-refractivity contribution in [3.8, 4) is 5.75 Å². The van der Waals surface area contributed by atoms with Crippen molar-refractivity contribution < 1.29 is 9.50 Å². The Morgan fingerprint density at radius 3 is 2.87 bits per heavy atom. The molecule has 0 aliphatic carbocycles. The van der Waals surface area contributed by atoms with Crippen LogP contribution < -0.4 is 0 Å². The number of nitrogens with zero attached hydrogens (tertiary/aromatic N) is 1. The molecule has 0 radical (unpaired) electrons. The van der Waals surface area contributed by atoms with Gasteiger partial charge in [0.2, 0.25) is 0 Å². The standard InChI is InChI=1S/C12H12FNO/c1-2-3-10-12(15)6-8-4-5-9(13)7-11(8)14-10/h4-7,15H,2-3H2,1H3. The van der Waals surface area contributed by atoms with Crippen LogP contribution in [0.15, 0.2) is 24.3 Å². The van der Waals surface area contributed by atoms with Crippen molar-refractivity contribution in [3.05, 3.63) is 35.8 Å². The Morgan fingerprint density at radius 1 is 1.33 bits per heavy atom. The molecule has 0 unspecified atom stereocenters. The number of hydrogen-bond donors (Lipinski definition) is 1. The van der Waals surface area contributed by atoms with E-state index in [9.17, 15) is 9.50 Å². The minimum absolute atomic E-state index is 0.191. The molecule has 0 aliphatic rings. The summed E-state index contributed by atoms with van der Waals surface area (Å²) in [6.07, 6.45) is 1.61. The van der Waals surface area contributed by atoms with Crippen LogP contribution in [0.2, 0.25) is 0 Å². The van der Waals surface area contributed by atoms with E-state index in [1.54, 1.807) is 12.1 Å². The number of benzene rings is 1. The molecule has 78 valence electrons. The Hall–Kier alpha value is -1.64. The predicted octanol–water partition coefficient (Wildman–Crippen LogP) is 3.03. The monoisotopic (exact) mass is 205 g/mol. The molecule has 2 nitrogen and oxygen atoms in total. The van der Waals surface area contributed by atoms with Crippen LogP contribution in [-0.4, -0.2) is 10.1 Å². The van der Waals surface area contributed by atoms with Gasteiger partial charge in [-0.3, -0.25) is 0 Å². The summed E-state index contributed by atoms with van der Waals surface area (Å²) in [5.74, 6) is -0.112. The van der Waals surface area contributed by atoms with E-state index in [1.165, 1.54) is 12.1 Å². The lowest BCUT2D eigenvalue weighted by Crippen LogP contribution is -1.91. The van der Waals surface area contributed by atoms with Gasteiger partial charge in [-0.1, -0.05) is 13.3 Å². The number of aromatic hydroxyl groups is 1. The maximum atomic E-state index is 13.0. The van der Waals surface area contributed by atoms with E-state index in [0.29, 0.717) is 17.6 Å². The highest BCUT2D eigenvalue weighted by Gasteiger charge is 2.05. The average molecular weight is 205 g/mol. The fourth-order valence-corrected chi connectivity index (χ4v) is 1.59. The molecule has 1 heterocycles. The van der Waals surface area contributed by atoms with Crippen LogP contribution >= 0.6 is 0 Å². The smallest absolute Gasteiger partial charge is 0.137 e. The Bertz CT molecular complexity index is 496. The van der Waals surface area contributed by atoms with Gasteiger partial charge in [-0.05, 0) is 24.6 Å². The normalized spacial score (nSPS) is 10.8. The van der Waals surface area contributed by atoms with Gasteiger partial charge in [0, 0.05) is 11.5 Å². The summed E-state index contributed by atoms with van der Waals surface area (Å²) in [6, 6.07) is 6.00. The molecule has 2 rings (SSSR count). The zero-order valence-corrected chi connectivity index (χ0v) is 8.50. The second-order valence-corrected chi connectivity index (χ2v) is 3.54. The van der Waals surface area contributed by atoms with Crippen molar-refractivity contribution in [2.75, 3.05) is 0 Å². The summed E-state index contributed by atoms with van der Waals surface area (Å²) in [7, 11) is 0. The minimum Gasteiger partial charge on any atom is -0.506 e. The van der Waals surface area contributed by atoms with Gasteiger partial charge in [0.25, 0.3) is 0 Å². The van der Waals surface area contributed by atoms with Crippen LogP contribution in [0.3, 0.4) is 0 Å². The van der Waals surface area contributed by atoms with Crippen LogP contribution in [0.1, 0.15) is 19.0 Å². The van der Waals surface area contributed by atoms with E-state index in [-0.39, 0.29) is 11.6 Å². The van der Waals surface area contributed by atoms with Gasteiger partial charge in [-0.2, -0.15) is 0 Å². The first-order valence-corrected chi connectivity index (χ1v) is 4.99. The second kappa shape index (κ2) is 3.85. The number of pyridine rings is 1. The first kappa shape index (κ1) is 9.90. The molecule has 0 fully saturated rings. The van der Waals surface area contributed by atoms with E-state index in [1.807, 2.05) is 6.92 Å². The van der Waals surface area contributed by atoms with Crippen LogP contribution in [0.25, 0.3) is 10.9 Å². The number of rotatable bonds is 2. The summed E-state index contributed by atoms with van der Waals surface area (Å²) in [4.78, 5) is 4.24. The number of halogens is 1. The molecule has 0 amide bonds. The van der Waals surface area contributed by atoms with Crippen LogP contribution in [0.4, 0.5) is 4.39 Å². The van der Waals surface area contributed by atoms with E-state index in [0.717, 1.165) is 11.8 Å². The quantitative estimate of drug-likeness (QED) is 0.817. The van der Waals surface area contributed by atoms with Gasteiger partial charge in [-0.25, -0.2) is 9.37 Å². The largest absolute Gasteiger partial charge is 0.506 e. The highest BCUT2D eigenvalue weighted by atomic mass is 19.1. The van der Waals surface area contributed by atoms with Gasteiger partial charge in [-0.15, -0.1) is 0 Å². The SMILES string of the molecule is CCCc1nc2cc(F)ccc2cc1O. The van der Waals surface area contributed by atoms with Crippen LogP contribution in [-0.2, 0) is 6.42 Å². The number of fused-ring (bicyclic) bond motifs is 1. The molecule has 0 saturated heterocycles. The van der Waals surface area contributed by atoms with E-state index in [2.05, 4.69) is 4.98 Å². The van der Waals surface area contributed by atoms with Gasteiger partial charge in [0.1, 0.15) is 11.6 Å². The summed E-state index contributed by atoms with van der Waals surface area (Å²) >= 11 is 0. The lowest BCUT2D eigenvalue weighted by atomic mass is 10.1. The van der Waals surface area contributed by atoms with Crippen molar-refractivity contribution in [1.82, 2.24) is 4.98 Å². The van der Waals surface area contributed by atoms with E-state index >= 15 is 0 Å². The van der Waals surface area contributed by atoms with Crippen molar-refractivity contribution in [2.24, 2.45) is 0 Å². The Balaban J connectivity index is 2.61. The van der Waals surface area contributed by atoms with Gasteiger partial charge < -0.3 is 5.11 Å². The maximum absolute atomic E-state index is 13.0. The zero-order chi connectivity index (χ0) is 10.8. The molecule has 1 aromatic carbocycles. The number of hydrogen-bond acceptors (Lipinski definition) is 2. The first-order valence-electron chi connectivity index (χ1n) is 4.99. The maximum Gasteiger partial charge on any atom is 0.137 e. The molecular weight excluding hydrogens is 193 g/mol. The lowest BCUT2D eigenvalue weighted by Gasteiger charge is -2.04. The first-order chi connectivity index (χ1) is 7.20. The zero-order valence-electron chi connectivity index (χ0n) is 8.50. The summed E-state index contributed by atoms with van der Waals surface area (Å²) < 4.78 is 13.0. The fraction of sp³-hybridized carbons (Fsp3) is 0.250. The van der Waals surface area contributed by atoms with E-state index in [4.69, 9.17) is 0 Å². The van der Waals surface area contributed by atoms with Gasteiger partial charge in [0.15, 0.2) is 0 Å². The van der Waals surface area contributed by atoms with Crippen molar-refractivity contribution in [2.45, 2.75) is 19.8 Å². The Kier molecular flexibility index (Phi) is 2.54. The molecule has 2 aromatic rings. The Labute approximate surface area is 87.4 Å². The molecule has 3 heteroatoms. The predicted molar refractivity (Wildman–Crippen MR) is 57.4 cm³/mol. The summed E-state index contributed by atoms with van der Waals surface area (Å²) in [5, 5.41) is 10.4. The number of aryl methyl sites for hydroxylation is 1. The van der Waals surface area contributed by atoms with Crippen LogP contribution in [0, 0.1) is 5.82 Å². The molecule has 15 heavy (non-hydrogen) atoms. The lowest BCUT2D eigenvalue weighted by molar-refractivity contribution is 0.465. The molecule has 0 spiro atoms. The van der Waals surface area contributed by atoms with Crippen molar-refractivity contribution >= 4 is 10.9 Å². The number of aromatic nitrogens is 1. The van der Waals surface area contributed by atoms with Gasteiger partial charge in [0.05, 0.1) is 11.2 Å². The van der Waals surface area contributed by atoms with Crippen LogP contribution in [0.5, 0.6) is 5.75 Å². The summed E-state index contributed by atoms with van der Waals surface area (Å²) in [5.41, 5.74) is 1.23. The van der Waals surface area contributed by atoms with Crippen molar-refractivity contribution in [3.63, 3.8) is 0 Å². The second-order valence-electron chi connectivity index (χ2n) is 3.54. The third-order valence-electron chi connectivity index (χ3n) is 2.32. The van der Waals surface area contributed by atoms with E-state index < -0.39 is 0 Å². The highest BCUT2D eigenvalue weighted by Crippen LogP contribution is 2.23. The molecule has 0 atom stereocenters. The summed E-state index contributed by atoms with van der Waals surface area (Å²) in [6.45, 7) is 2.01. The molecular formula is C12H12FNO. The molecule has 0 saturated carbocycles. The molecule has 1 N–H and O–H groups in total. The highest BCUT2D eigenvalue weighted by molar-refractivity contribution is 5.80.